The second kappa shape index (κ2) is 18.3. The summed E-state index contributed by atoms with van der Waals surface area (Å²) in [4.78, 5) is 17.3. The zero-order chi connectivity index (χ0) is 40.2. The van der Waals surface area contributed by atoms with Gasteiger partial charge in [-0.3, -0.25) is 0 Å². The molecule has 5 N–H and O–H groups in total. The topological polar surface area (TPSA) is 218 Å². The SMILES string of the molecule is Cc1cc(/C=C/C#N)cc(C)c1Nc1ccnc(Nc2ccc(C#N)cc2)n1.Cc1cc(C#N)cc(C)c1Oc1nc(Nc2ccc(C#N)cc2)nc(N)c1Br. The number of nitriles is 4. The van der Waals surface area contributed by atoms with E-state index in [0.717, 1.165) is 39.2 Å². The van der Waals surface area contributed by atoms with Gasteiger partial charge in [-0.1, -0.05) is 0 Å². The van der Waals surface area contributed by atoms with Gasteiger partial charge in [-0.05, 0) is 156 Å². The molecule has 0 spiro atoms. The van der Waals surface area contributed by atoms with Crippen molar-refractivity contribution in [2.45, 2.75) is 27.7 Å². The highest BCUT2D eigenvalue weighted by molar-refractivity contribution is 9.10. The van der Waals surface area contributed by atoms with Gasteiger partial charge in [0.25, 0.3) is 0 Å². The Bertz CT molecular complexity index is 2550. The standard InChI is InChI=1S/C22H18N6.C20H15BrN6O/c1-15-12-18(4-3-10-23)13-16(2)21(15)27-20-9-11-25-22(28-20)26-19-7-5-17(14-24)6-8-19;1-11-7-14(10-23)8-12(2)17(11)28-19-16(21)18(24)26-20(27-19)25-15-5-3-13(9-22)4-6-15/h3-9,11-13H,1-2H3,(H2,25,26,27,28);3-8H,1-2H3,(H3,24,25,26,27)/b4-3+;. The highest BCUT2D eigenvalue weighted by atomic mass is 79.9. The van der Waals surface area contributed by atoms with Gasteiger partial charge >= 0.3 is 0 Å². The van der Waals surface area contributed by atoms with Crippen LogP contribution in [-0.2, 0) is 0 Å². The van der Waals surface area contributed by atoms with Crippen molar-refractivity contribution in [1.29, 1.82) is 21.0 Å². The van der Waals surface area contributed by atoms with E-state index in [1.807, 2.05) is 58.0 Å². The largest absolute Gasteiger partial charge is 0.437 e. The van der Waals surface area contributed by atoms with Crippen molar-refractivity contribution in [3.63, 3.8) is 0 Å². The van der Waals surface area contributed by atoms with Gasteiger partial charge in [-0.15, -0.1) is 0 Å². The number of ether oxygens (including phenoxy) is 1. The van der Waals surface area contributed by atoms with Crippen LogP contribution in [0.1, 0.15) is 44.5 Å². The second-order valence-electron chi connectivity index (χ2n) is 12.2. The molecule has 2 heterocycles. The zero-order valence-electron chi connectivity index (χ0n) is 30.7. The third-order valence-corrected chi connectivity index (χ3v) is 8.73. The van der Waals surface area contributed by atoms with Crippen LogP contribution in [0.4, 0.5) is 40.6 Å². The molecule has 6 rings (SSSR count). The van der Waals surface area contributed by atoms with Crippen LogP contribution >= 0.6 is 15.9 Å². The molecule has 0 radical (unpaired) electrons. The molecule has 0 bridgehead atoms. The first-order chi connectivity index (χ1) is 27.0. The summed E-state index contributed by atoms with van der Waals surface area (Å²) in [5.74, 6) is 2.44. The van der Waals surface area contributed by atoms with E-state index in [2.05, 4.69) is 70.0 Å². The smallest absolute Gasteiger partial charge is 0.240 e. The van der Waals surface area contributed by atoms with Gasteiger partial charge in [-0.2, -0.15) is 36.0 Å². The molecule has 0 amide bonds. The number of halogens is 1. The summed E-state index contributed by atoms with van der Waals surface area (Å²) in [6.07, 6.45) is 4.93. The maximum absolute atomic E-state index is 9.10. The Labute approximate surface area is 332 Å². The maximum atomic E-state index is 9.10. The van der Waals surface area contributed by atoms with Crippen molar-refractivity contribution in [2.75, 3.05) is 21.7 Å². The van der Waals surface area contributed by atoms with Crippen LogP contribution in [0.15, 0.2) is 95.6 Å². The summed E-state index contributed by atoms with van der Waals surface area (Å²) < 4.78 is 6.43. The molecule has 0 aliphatic rings. The zero-order valence-corrected chi connectivity index (χ0v) is 32.3. The van der Waals surface area contributed by atoms with E-state index in [0.29, 0.717) is 44.4 Å². The minimum atomic E-state index is 0.213. The third kappa shape index (κ3) is 10.2. The normalized spacial score (nSPS) is 10.2. The summed E-state index contributed by atoms with van der Waals surface area (Å²) in [5.41, 5.74) is 14.9. The fraction of sp³-hybridized carbons (Fsp3) is 0.0952. The van der Waals surface area contributed by atoms with Crippen molar-refractivity contribution in [1.82, 2.24) is 19.9 Å². The van der Waals surface area contributed by atoms with E-state index in [4.69, 9.17) is 31.5 Å². The summed E-state index contributed by atoms with van der Waals surface area (Å²) in [7, 11) is 0. The Kier molecular flexibility index (Phi) is 12.9. The van der Waals surface area contributed by atoms with E-state index >= 15 is 0 Å². The Morgan fingerprint density at radius 2 is 1.21 bits per heavy atom. The molecule has 6 aromatic rings. The first-order valence-electron chi connectivity index (χ1n) is 16.8. The van der Waals surface area contributed by atoms with Crippen LogP contribution in [0.3, 0.4) is 0 Å². The number of nitrogen functional groups attached to an aromatic ring is 1. The first kappa shape index (κ1) is 39.4. The molecule has 13 nitrogen and oxygen atoms in total. The number of allylic oxidation sites excluding steroid dienone is 1. The molecule has 0 unspecified atom stereocenters. The molecule has 0 aliphatic heterocycles. The predicted octanol–water partition coefficient (Wildman–Crippen LogP) is 9.71. The maximum Gasteiger partial charge on any atom is 0.240 e. The third-order valence-electron chi connectivity index (χ3n) is 7.99. The Morgan fingerprint density at radius 1 is 0.661 bits per heavy atom. The van der Waals surface area contributed by atoms with Crippen LogP contribution in [-0.4, -0.2) is 19.9 Å². The second-order valence-corrected chi connectivity index (χ2v) is 13.0. The molecule has 0 atom stereocenters. The molecule has 0 saturated carbocycles. The van der Waals surface area contributed by atoms with Crippen LogP contribution in [0.25, 0.3) is 6.08 Å². The average molecular weight is 802 g/mol. The quantitative estimate of drug-likeness (QED) is 0.100. The molecule has 0 aliphatic carbocycles. The van der Waals surface area contributed by atoms with Gasteiger partial charge in [0.2, 0.25) is 17.8 Å². The molecule has 274 valence electrons. The average Bonchev–Trinajstić information content (AvgIpc) is 3.19. The lowest BCUT2D eigenvalue weighted by molar-refractivity contribution is 0.453. The molecule has 0 fully saturated rings. The van der Waals surface area contributed by atoms with Crippen LogP contribution in [0, 0.1) is 73.0 Å². The number of benzene rings is 4. The molecule has 0 saturated heterocycles. The number of anilines is 7. The highest BCUT2D eigenvalue weighted by Crippen LogP contribution is 2.36. The molecule has 4 aromatic carbocycles. The van der Waals surface area contributed by atoms with Crippen molar-refractivity contribution in [3.05, 3.63) is 140 Å². The molecule has 14 heteroatoms. The predicted molar refractivity (Wildman–Crippen MR) is 220 cm³/mol. The fourth-order valence-electron chi connectivity index (χ4n) is 5.39. The van der Waals surface area contributed by atoms with E-state index in [9.17, 15) is 0 Å². The number of hydrogen-bond acceptors (Lipinski definition) is 13. The summed E-state index contributed by atoms with van der Waals surface area (Å²) in [6, 6.07) is 31.6. The van der Waals surface area contributed by atoms with Gasteiger partial charge in [0.1, 0.15) is 21.9 Å². The Balaban J connectivity index is 0.000000214. The minimum Gasteiger partial charge on any atom is -0.437 e. The van der Waals surface area contributed by atoms with Gasteiger partial charge < -0.3 is 26.4 Å². The van der Waals surface area contributed by atoms with Crippen molar-refractivity contribution < 1.29 is 4.74 Å². The Morgan fingerprint density at radius 3 is 1.75 bits per heavy atom. The van der Waals surface area contributed by atoms with E-state index < -0.39 is 0 Å². The number of nitrogens with zero attached hydrogens (tertiary/aromatic N) is 8. The molecular weight excluding hydrogens is 768 g/mol. The van der Waals surface area contributed by atoms with Crippen molar-refractivity contribution in [3.8, 4) is 35.9 Å². The number of rotatable bonds is 9. The summed E-state index contributed by atoms with van der Waals surface area (Å²) in [5, 5.41) is 45.1. The van der Waals surface area contributed by atoms with E-state index in [-0.39, 0.29) is 17.6 Å². The van der Waals surface area contributed by atoms with Crippen molar-refractivity contribution >= 4 is 62.6 Å². The van der Waals surface area contributed by atoms with E-state index in [1.54, 1.807) is 66.9 Å². The fourth-order valence-corrected chi connectivity index (χ4v) is 5.65. The number of aryl methyl sites for hydroxylation is 4. The molecule has 56 heavy (non-hydrogen) atoms. The number of aromatic nitrogens is 4. The van der Waals surface area contributed by atoms with E-state index in [1.165, 1.54) is 6.08 Å². The summed E-state index contributed by atoms with van der Waals surface area (Å²) in [6.45, 7) is 7.74. The van der Waals surface area contributed by atoms with Crippen molar-refractivity contribution in [2.24, 2.45) is 0 Å². The van der Waals surface area contributed by atoms with Gasteiger partial charge in [0.15, 0.2) is 0 Å². The number of hydrogen-bond donors (Lipinski definition) is 4. The minimum absolute atomic E-state index is 0.213. The highest BCUT2D eigenvalue weighted by Gasteiger charge is 2.16. The molecular formula is C42H33BrN12O. The lowest BCUT2D eigenvalue weighted by Gasteiger charge is -2.14. The van der Waals surface area contributed by atoms with Gasteiger partial charge in [0, 0.05) is 29.3 Å². The van der Waals surface area contributed by atoms with Crippen LogP contribution < -0.4 is 26.4 Å². The Hall–Kier alpha value is -7.78. The molecule has 2 aromatic heterocycles. The first-order valence-corrected chi connectivity index (χ1v) is 17.6. The van der Waals surface area contributed by atoms with Crippen LogP contribution in [0.5, 0.6) is 11.6 Å². The van der Waals surface area contributed by atoms with Gasteiger partial charge in [0.05, 0.1) is 41.0 Å². The number of nitrogens with one attached hydrogen (secondary N) is 3. The lowest BCUT2D eigenvalue weighted by Crippen LogP contribution is -2.04. The monoisotopic (exact) mass is 800 g/mol. The number of nitrogens with two attached hydrogens (primary N) is 1. The summed E-state index contributed by atoms with van der Waals surface area (Å²) >= 11 is 3.36. The lowest BCUT2D eigenvalue weighted by atomic mass is 10.0. The van der Waals surface area contributed by atoms with Gasteiger partial charge in [-0.25, -0.2) is 4.98 Å². The van der Waals surface area contributed by atoms with Crippen LogP contribution in [0.2, 0.25) is 0 Å².